The lowest BCUT2D eigenvalue weighted by Gasteiger charge is -2.05. The molecular weight excluding hydrogens is 241 g/mol. The molecule has 92 valence electrons. The molecule has 1 fully saturated rings. The summed E-state index contributed by atoms with van der Waals surface area (Å²) in [5.74, 6) is -0.376. The maximum Gasteiger partial charge on any atom is 0.142 e. The zero-order chi connectivity index (χ0) is 12.3. The van der Waals surface area contributed by atoms with Crippen LogP contribution >= 0.6 is 11.6 Å². The molecule has 0 atom stereocenters. The van der Waals surface area contributed by atoms with Crippen molar-refractivity contribution in [3.8, 4) is 0 Å². The van der Waals surface area contributed by atoms with Gasteiger partial charge in [0.1, 0.15) is 11.6 Å². The van der Waals surface area contributed by atoms with Crippen molar-refractivity contribution in [3.63, 3.8) is 0 Å². The Kier molecular flexibility index (Phi) is 4.13. The second kappa shape index (κ2) is 5.61. The van der Waals surface area contributed by atoms with Crippen molar-refractivity contribution in [2.45, 2.75) is 31.7 Å². The van der Waals surface area contributed by atoms with E-state index in [2.05, 4.69) is 5.32 Å². The summed E-state index contributed by atoms with van der Waals surface area (Å²) in [6.07, 6.45) is 3.11. The summed E-state index contributed by atoms with van der Waals surface area (Å²) in [6, 6.07) is 5.18. The summed E-state index contributed by atoms with van der Waals surface area (Å²) in [5, 5.41) is 3.34. The standard InChI is InChI=1S/C13H15ClFNO/c14-13-9(2-1-3-12(13)15)8-11(17)6-7-16-10-4-5-10/h1-3,10,16H,4-8H2. The number of ketones is 1. The topological polar surface area (TPSA) is 29.1 Å². The monoisotopic (exact) mass is 255 g/mol. The molecule has 0 aromatic heterocycles. The van der Waals surface area contributed by atoms with Crippen molar-refractivity contribution in [1.29, 1.82) is 0 Å². The molecule has 1 saturated carbocycles. The van der Waals surface area contributed by atoms with Gasteiger partial charge in [-0.05, 0) is 24.5 Å². The van der Waals surface area contributed by atoms with Gasteiger partial charge in [0.05, 0.1) is 5.02 Å². The predicted molar refractivity (Wildman–Crippen MR) is 65.8 cm³/mol. The largest absolute Gasteiger partial charge is 0.314 e. The van der Waals surface area contributed by atoms with Gasteiger partial charge in [0.2, 0.25) is 0 Å². The molecule has 0 amide bonds. The van der Waals surface area contributed by atoms with E-state index in [1.807, 2.05) is 0 Å². The maximum atomic E-state index is 13.1. The van der Waals surface area contributed by atoms with E-state index in [0.29, 0.717) is 24.6 Å². The van der Waals surface area contributed by atoms with Crippen molar-refractivity contribution in [2.75, 3.05) is 6.54 Å². The fraction of sp³-hybridized carbons (Fsp3) is 0.462. The van der Waals surface area contributed by atoms with Gasteiger partial charge in [-0.2, -0.15) is 0 Å². The Hall–Kier alpha value is -0.930. The number of nitrogens with one attached hydrogen (secondary N) is 1. The zero-order valence-corrected chi connectivity index (χ0v) is 10.3. The molecule has 17 heavy (non-hydrogen) atoms. The first-order valence-corrected chi connectivity index (χ1v) is 6.22. The fourth-order valence-electron chi connectivity index (χ4n) is 1.69. The lowest BCUT2D eigenvalue weighted by molar-refractivity contribution is -0.118. The number of benzene rings is 1. The number of halogens is 2. The molecule has 0 radical (unpaired) electrons. The Labute approximate surface area is 105 Å². The lowest BCUT2D eigenvalue weighted by Crippen LogP contribution is -2.20. The van der Waals surface area contributed by atoms with Crippen LogP contribution in [0.5, 0.6) is 0 Å². The second-order valence-corrected chi connectivity index (χ2v) is 4.78. The number of hydrogen-bond acceptors (Lipinski definition) is 2. The van der Waals surface area contributed by atoms with E-state index in [-0.39, 0.29) is 17.2 Å². The average molecular weight is 256 g/mol. The van der Waals surface area contributed by atoms with Crippen LogP contribution in [0.15, 0.2) is 18.2 Å². The number of rotatable bonds is 6. The number of carbonyl (C=O) groups excluding carboxylic acids is 1. The summed E-state index contributed by atoms with van der Waals surface area (Å²) >= 11 is 5.79. The van der Waals surface area contributed by atoms with Crippen LogP contribution in [0.4, 0.5) is 4.39 Å². The Bertz CT molecular complexity index is 418. The van der Waals surface area contributed by atoms with Crippen LogP contribution in [0.25, 0.3) is 0 Å². The van der Waals surface area contributed by atoms with E-state index in [0.717, 1.165) is 0 Å². The molecule has 0 bridgehead atoms. The Morgan fingerprint density at radius 2 is 2.24 bits per heavy atom. The molecule has 1 aromatic carbocycles. The predicted octanol–water partition coefficient (Wildman–Crippen LogP) is 2.73. The molecule has 2 rings (SSSR count). The van der Waals surface area contributed by atoms with Gasteiger partial charge in [-0.25, -0.2) is 4.39 Å². The van der Waals surface area contributed by atoms with E-state index in [1.54, 1.807) is 12.1 Å². The molecule has 1 aromatic rings. The zero-order valence-electron chi connectivity index (χ0n) is 9.51. The van der Waals surface area contributed by atoms with Crippen LogP contribution in [-0.2, 0) is 11.2 Å². The van der Waals surface area contributed by atoms with Crippen LogP contribution in [0, 0.1) is 5.82 Å². The Balaban J connectivity index is 1.82. The lowest BCUT2D eigenvalue weighted by atomic mass is 10.1. The van der Waals surface area contributed by atoms with Crippen LogP contribution < -0.4 is 5.32 Å². The summed E-state index contributed by atoms with van der Waals surface area (Å²) < 4.78 is 13.1. The quantitative estimate of drug-likeness (QED) is 0.847. The van der Waals surface area contributed by atoms with Crippen molar-refractivity contribution in [2.24, 2.45) is 0 Å². The van der Waals surface area contributed by atoms with E-state index < -0.39 is 5.82 Å². The highest BCUT2D eigenvalue weighted by molar-refractivity contribution is 6.31. The van der Waals surface area contributed by atoms with Gasteiger partial charge in [-0.15, -0.1) is 0 Å². The van der Waals surface area contributed by atoms with Gasteiger partial charge in [-0.3, -0.25) is 4.79 Å². The van der Waals surface area contributed by atoms with Crippen LogP contribution in [0.2, 0.25) is 5.02 Å². The first kappa shape index (κ1) is 12.5. The molecule has 0 saturated heterocycles. The first-order valence-electron chi connectivity index (χ1n) is 5.85. The van der Waals surface area contributed by atoms with Gasteiger partial charge in [0, 0.05) is 25.4 Å². The highest BCUT2D eigenvalue weighted by atomic mass is 35.5. The molecular formula is C13H15ClFNO. The minimum Gasteiger partial charge on any atom is -0.314 e. The minimum atomic E-state index is -0.465. The van der Waals surface area contributed by atoms with Gasteiger partial charge in [0.15, 0.2) is 0 Å². The summed E-state index contributed by atoms with van der Waals surface area (Å²) in [5.41, 5.74) is 0.572. The van der Waals surface area contributed by atoms with Crippen molar-refractivity contribution in [3.05, 3.63) is 34.6 Å². The van der Waals surface area contributed by atoms with Gasteiger partial charge >= 0.3 is 0 Å². The second-order valence-electron chi connectivity index (χ2n) is 4.41. The van der Waals surface area contributed by atoms with Crippen molar-refractivity contribution in [1.82, 2.24) is 5.32 Å². The Morgan fingerprint density at radius 1 is 1.47 bits per heavy atom. The number of carbonyl (C=O) groups is 1. The molecule has 0 spiro atoms. The normalized spacial score (nSPS) is 14.9. The number of Topliss-reactive ketones (excluding diaryl/α,β-unsaturated/α-hetero) is 1. The molecule has 0 unspecified atom stereocenters. The molecule has 4 heteroatoms. The van der Waals surface area contributed by atoms with Gasteiger partial charge < -0.3 is 5.32 Å². The highest BCUT2D eigenvalue weighted by Crippen LogP contribution is 2.21. The molecule has 1 aliphatic carbocycles. The summed E-state index contributed by atoms with van der Waals surface area (Å²) in [7, 11) is 0. The van der Waals surface area contributed by atoms with Gasteiger partial charge in [-0.1, -0.05) is 23.7 Å². The molecule has 1 aliphatic rings. The van der Waals surface area contributed by atoms with Crippen LogP contribution in [0.1, 0.15) is 24.8 Å². The third-order valence-corrected chi connectivity index (χ3v) is 3.26. The molecule has 0 heterocycles. The smallest absolute Gasteiger partial charge is 0.142 e. The summed E-state index contributed by atoms with van der Waals surface area (Å²) in [4.78, 5) is 11.7. The van der Waals surface area contributed by atoms with Crippen LogP contribution in [-0.4, -0.2) is 18.4 Å². The average Bonchev–Trinajstić information content (AvgIpc) is 3.09. The molecule has 2 nitrogen and oxygen atoms in total. The van der Waals surface area contributed by atoms with Gasteiger partial charge in [0.25, 0.3) is 0 Å². The van der Waals surface area contributed by atoms with E-state index in [4.69, 9.17) is 11.6 Å². The first-order chi connectivity index (χ1) is 8.16. The SMILES string of the molecule is O=C(CCNC1CC1)Cc1cccc(F)c1Cl. The minimum absolute atomic E-state index is 0.0657. The fourth-order valence-corrected chi connectivity index (χ4v) is 1.88. The maximum absolute atomic E-state index is 13.1. The van der Waals surface area contributed by atoms with E-state index in [1.165, 1.54) is 18.9 Å². The molecule has 1 N–H and O–H groups in total. The number of hydrogen-bond donors (Lipinski definition) is 1. The third kappa shape index (κ3) is 3.79. The Morgan fingerprint density at radius 3 is 2.94 bits per heavy atom. The van der Waals surface area contributed by atoms with Crippen molar-refractivity contribution >= 4 is 17.4 Å². The highest BCUT2D eigenvalue weighted by Gasteiger charge is 2.20. The summed E-state index contributed by atoms with van der Waals surface area (Å²) in [6.45, 7) is 0.705. The van der Waals surface area contributed by atoms with Crippen molar-refractivity contribution < 1.29 is 9.18 Å². The van der Waals surface area contributed by atoms with Crippen LogP contribution in [0.3, 0.4) is 0 Å². The van der Waals surface area contributed by atoms with E-state index >= 15 is 0 Å². The molecule has 0 aliphatic heterocycles. The van der Waals surface area contributed by atoms with E-state index in [9.17, 15) is 9.18 Å². The third-order valence-electron chi connectivity index (χ3n) is 2.83.